The first-order valence-electron chi connectivity index (χ1n) is 7.41. The number of fused-ring (bicyclic) bond motifs is 1. The average Bonchev–Trinajstić information content (AvgIpc) is 2.84. The van der Waals surface area contributed by atoms with Crippen LogP contribution in [0.15, 0.2) is 34.9 Å². The molecule has 0 saturated heterocycles. The van der Waals surface area contributed by atoms with E-state index in [2.05, 4.69) is 26.2 Å². The van der Waals surface area contributed by atoms with Crippen molar-refractivity contribution in [2.45, 2.75) is 20.0 Å². The van der Waals surface area contributed by atoms with Crippen molar-refractivity contribution >= 4 is 44.8 Å². The van der Waals surface area contributed by atoms with Crippen LogP contribution in [0.1, 0.15) is 27.3 Å². The molecule has 0 fully saturated rings. The summed E-state index contributed by atoms with van der Waals surface area (Å²) in [6, 6.07) is 5.03. The average molecular weight is 447 g/mol. The van der Waals surface area contributed by atoms with Gasteiger partial charge in [0.15, 0.2) is 0 Å². The SMILES string of the molecule is Cc1nc2c(C)cc(Br)cn2c1C(=O)Nc1ccc(Cl)cc1C(F)(F)F. The van der Waals surface area contributed by atoms with Crippen molar-refractivity contribution in [1.82, 2.24) is 9.38 Å². The van der Waals surface area contributed by atoms with E-state index in [-0.39, 0.29) is 16.4 Å². The molecule has 0 saturated carbocycles. The molecule has 26 heavy (non-hydrogen) atoms. The molecule has 136 valence electrons. The van der Waals surface area contributed by atoms with Gasteiger partial charge in [0.1, 0.15) is 11.3 Å². The number of anilines is 1. The molecule has 1 amide bonds. The van der Waals surface area contributed by atoms with Gasteiger partial charge in [-0.1, -0.05) is 11.6 Å². The summed E-state index contributed by atoms with van der Waals surface area (Å²) < 4.78 is 41.9. The largest absolute Gasteiger partial charge is 0.418 e. The summed E-state index contributed by atoms with van der Waals surface area (Å²) in [5.41, 5.74) is 0.570. The second-order valence-electron chi connectivity index (χ2n) is 5.72. The summed E-state index contributed by atoms with van der Waals surface area (Å²) in [7, 11) is 0. The summed E-state index contributed by atoms with van der Waals surface area (Å²) in [5, 5.41) is 2.26. The van der Waals surface area contributed by atoms with Crippen molar-refractivity contribution in [3.05, 3.63) is 62.5 Å². The Hall–Kier alpha value is -2.06. The van der Waals surface area contributed by atoms with Crippen molar-refractivity contribution in [3.63, 3.8) is 0 Å². The van der Waals surface area contributed by atoms with Crippen molar-refractivity contribution < 1.29 is 18.0 Å². The molecule has 1 aromatic carbocycles. The molecule has 0 aliphatic carbocycles. The van der Waals surface area contributed by atoms with Crippen molar-refractivity contribution in [2.75, 3.05) is 5.32 Å². The van der Waals surface area contributed by atoms with Crippen LogP contribution >= 0.6 is 27.5 Å². The zero-order chi connectivity index (χ0) is 19.2. The highest BCUT2D eigenvalue weighted by molar-refractivity contribution is 9.10. The van der Waals surface area contributed by atoms with Crippen LogP contribution in [0.2, 0.25) is 5.02 Å². The highest BCUT2D eigenvalue weighted by atomic mass is 79.9. The number of rotatable bonds is 2. The normalized spacial score (nSPS) is 11.8. The Labute approximate surface area is 160 Å². The number of nitrogens with one attached hydrogen (secondary N) is 1. The van der Waals surface area contributed by atoms with E-state index < -0.39 is 17.6 Å². The quantitative estimate of drug-likeness (QED) is 0.554. The van der Waals surface area contributed by atoms with Gasteiger partial charge in [-0.2, -0.15) is 13.2 Å². The van der Waals surface area contributed by atoms with Crippen molar-refractivity contribution in [1.29, 1.82) is 0 Å². The molecule has 4 nitrogen and oxygen atoms in total. The number of alkyl halides is 3. The molecule has 0 aliphatic heterocycles. The summed E-state index contributed by atoms with van der Waals surface area (Å²) >= 11 is 9.01. The van der Waals surface area contributed by atoms with E-state index in [0.29, 0.717) is 11.3 Å². The zero-order valence-electron chi connectivity index (χ0n) is 13.6. The van der Waals surface area contributed by atoms with Crippen molar-refractivity contribution in [3.8, 4) is 0 Å². The summed E-state index contributed by atoms with van der Waals surface area (Å²) in [6.45, 7) is 3.46. The van der Waals surface area contributed by atoms with Crippen LogP contribution in [0.25, 0.3) is 5.65 Å². The van der Waals surface area contributed by atoms with E-state index in [1.165, 1.54) is 6.07 Å². The van der Waals surface area contributed by atoms with Gasteiger partial charge in [-0.05, 0) is 59.6 Å². The molecule has 0 spiro atoms. The number of carbonyl (C=O) groups is 1. The number of aromatic nitrogens is 2. The van der Waals surface area contributed by atoms with Gasteiger partial charge in [0.05, 0.1) is 16.9 Å². The molecule has 1 N–H and O–H groups in total. The molecule has 0 bridgehead atoms. The van der Waals surface area contributed by atoms with E-state index in [1.807, 2.05) is 13.0 Å². The molecule has 0 unspecified atom stereocenters. The molecular weight excluding hydrogens is 435 g/mol. The second kappa shape index (κ2) is 6.59. The zero-order valence-corrected chi connectivity index (χ0v) is 15.9. The van der Waals surface area contributed by atoms with Gasteiger partial charge < -0.3 is 5.32 Å². The topological polar surface area (TPSA) is 46.4 Å². The Morgan fingerprint density at radius 3 is 2.62 bits per heavy atom. The number of hydrogen-bond donors (Lipinski definition) is 1. The van der Waals surface area contributed by atoms with Gasteiger partial charge in [0, 0.05) is 15.7 Å². The van der Waals surface area contributed by atoms with Gasteiger partial charge in [0.25, 0.3) is 5.91 Å². The molecule has 0 aliphatic rings. The monoisotopic (exact) mass is 445 g/mol. The van der Waals surface area contributed by atoms with Crippen molar-refractivity contribution in [2.24, 2.45) is 0 Å². The Bertz CT molecular complexity index is 1030. The van der Waals surface area contributed by atoms with E-state index in [9.17, 15) is 18.0 Å². The molecule has 2 aromatic heterocycles. The third-order valence-corrected chi connectivity index (χ3v) is 4.46. The molecule has 3 rings (SSSR count). The third kappa shape index (κ3) is 3.43. The highest BCUT2D eigenvalue weighted by Gasteiger charge is 2.34. The first-order chi connectivity index (χ1) is 12.1. The molecular formula is C17H12BrClF3N3O. The predicted molar refractivity (Wildman–Crippen MR) is 96.8 cm³/mol. The molecule has 2 heterocycles. The first kappa shape index (κ1) is 18.7. The fourth-order valence-electron chi connectivity index (χ4n) is 2.70. The van der Waals surface area contributed by atoms with E-state index in [0.717, 1.165) is 22.2 Å². The Morgan fingerprint density at radius 2 is 1.96 bits per heavy atom. The maximum atomic E-state index is 13.2. The standard InChI is InChI=1S/C17H12BrClF3N3O/c1-8-5-10(18)7-25-14(9(2)23-15(8)25)16(26)24-13-4-3-11(19)6-12(13)17(20,21)22/h3-7H,1-2H3,(H,24,26). The second-order valence-corrected chi connectivity index (χ2v) is 7.07. The molecule has 9 heteroatoms. The van der Waals surface area contributed by atoms with Crippen LogP contribution in [0.4, 0.5) is 18.9 Å². The first-order valence-corrected chi connectivity index (χ1v) is 8.58. The number of pyridine rings is 1. The van der Waals surface area contributed by atoms with Crippen LogP contribution < -0.4 is 5.32 Å². The van der Waals surface area contributed by atoms with E-state index in [1.54, 1.807) is 17.5 Å². The summed E-state index contributed by atoms with van der Waals surface area (Å²) in [4.78, 5) is 17.0. The predicted octanol–water partition coefficient (Wildman–Crippen LogP) is 5.64. The lowest BCUT2D eigenvalue weighted by Crippen LogP contribution is -2.19. The Morgan fingerprint density at radius 1 is 1.27 bits per heavy atom. The third-order valence-electron chi connectivity index (χ3n) is 3.80. The van der Waals surface area contributed by atoms with Gasteiger partial charge in [-0.3, -0.25) is 9.20 Å². The molecule has 0 radical (unpaired) electrons. The van der Waals surface area contributed by atoms with Gasteiger partial charge in [-0.15, -0.1) is 0 Å². The molecule has 0 atom stereocenters. The smallest absolute Gasteiger partial charge is 0.320 e. The maximum Gasteiger partial charge on any atom is 0.418 e. The number of amides is 1. The Kier molecular flexibility index (Phi) is 4.74. The molecule has 3 aromatic rings. The van der Waals surface area contributed by atoms with E-state index in [4.69, 9.17) is 11.6 Å². The van der Waals surface area contributed by atoms with Gasteiger partial charge in [0.2, 0.25) is 0 Å². The van der Waals surface area contributed by atoms with Crippen LogP contribution in [0, 0.1) is 13.8 Å². The number of imidazole rings is 1. The number of benzene rings is 1. The number of carbonyl (C=O) groups excluding carboxylic acids is 1. The minimum absolute atomic E-state index is 0.0686. The van der Waals surface area contributed by atoms with Crippen LogP contribution in [-0.2, 0) is 6.18 Å². The lowest BCUT2D eigenvalue weighted by molar-refractivity contribution is -0.136. The highest BCUT2D eigenvalue weighted by Crippen LogP contribution is 2.36. The number of aryl methyl sites for hydroxylation is 2. The minimum Gasteiger partial charge on any atom is -0.320 e. The minimum atomic E-state index is -4.65. The number of hydrogen-bond acceptors (Lipinski definition) is 2. The lowest BCUT2D eigenvalue weighted by atomic mass is 10.1. The fourth-order valence-corrected chi connectivity index (χ4v) is 3.42. The summed E-state index contributed by atoms with van der Waals surface area (Å²) in [5.74, 6) is -0.694. The number of nitrogens with zero attached hydrogens (tertiary/aromatic N) is 2. The fraction of sp³-hybridized carbons (Fsp3) is 0.176. The van der Waals surface area contributed by atoms with Crippen LogP contribution in [0.3, 0.4) is 0 Å². The maximum absolute atomic E-state index is 13.2. The van der Waals surface area contributed by atoms with Gasteiger partial charge in [-0.25, -0.2) is 4.98 Å². The van der Waals surface area contributed by atoms with E-state index >= 15 is 0 Å². The Balaban J connectivity index is 2.08. The van der Waals surface area contributed by atoms with Gasteiger partial charge >= 0.3 is 6.18 Å². The number of halogens is 5. The van der Waals surface area contributed by atoms with Crippen LogP contribution in [0.5, 0.6) is 0 Å². The van der Waals surface area contributed by atoms with Crippen LogP contribution in [-0.4, -0.2) is 15.3 Å². The lowest BCUT2D eigenvalue weighted by Gasteiger charge is -2.14. The summed E-state index contributed by atoms with van der Waals surface area (Å²) in [6.07, 6.45) is -3.01.